The summed E-state index contributed by atoms with van der Waals surface area (Å²) in [5.74, 6) is 1.84. The zero-order chi connectivity index (χ0) is 16.3. The fourth-order valence-corrected chi connectivity index (χ4v) is 2.84. The summed E-state index contributed by atoms with van der Waals surface area (Å²) in [4.78, 5) is 4.24. The molecule has 0 amide bonds. The van der Waals surface area contributed by atoms with Gasteiger partial charge in [0.1, 0.15) is 12.2 Å². The molecule has 1 heterocycles. The molecule has 0 unspecified atom stereocenters. The number of hydrogen-bond acceptors (Lipinski definition) is 4. The summed E-state index contributed by atoms with van der Waals surface area (Å²) in [5.41, 5.74) is 0. The van der Waals surface area contributed by atoms with Gasteiger partial charge in [0.05, 0.1) is 6.10 Å². The summed E-state index contributed by atoms with van der Waals surface area (Å²) in [7, 11) is 1.79. The minimum atomic E-state index is 0. The number of aromatic nitrogens is 3. The normalized spacial score (nSPS) is 15.3. The predicted octanol–water partition coefficient (Wildman–Crippen LogP) is 1.97. The molecule has 2 N–H and O–H groups in total. The van der Waals surface area contributed by atoms with Crippen molar-refractivity contribution in [2.75, 3.05) is 26.7 Å². The largest absolute Gasteiger partial charge is 0.378 e. The Labute approximate surface area is 162 Å². The summed E-state index contributed by atoms with van der Waals surface area (Å²) in [6.07, 6.45) is 9.30. The van der Waals surface area contributed by atoms with Gasteiger partial charge in [-0.1, -0.05) is 19.8 Å². The third kappa shape index (κ3) is 7.33. The van der Waals surface area contributed by atoms with Crippen LogP contribution in [0.25, 0.3) is 0 Å². The molecule has 1 aromatic rings. The van der Waals surface area contributed by atoms with E-state index in [1.54, 1.807) is 13.4 Å². The van der Waals surface area contributed by atoms with Gasteiger partial charge in [-0.05, 0) is 19.3 Å². The maximum atomic E-state index is 5.86. The van der Waals surface area contributed by atoms with Crippen molar-refractivity contribution in [3.05, 3.63) is 12.2 Å². The van der Waals surface area contributed by atoms with Crippen LogP contribution in [0.5, 0.6) is 0 Å². The van der Waals surface area contributed by atoms with Gasteiger partial charge in [-0.25, -0.2) is 0 Å². The standard InChI is InChI=1S/C16H30N6O.HI/c1-3-15-21-20-13-22(15)11-10-19-16(17-2)18-9-6-12-23-14-7-4-5-8-14;/h13-14H,3-12H2,1-2H3,(H2,17,18,19);1H. The fourth-order valence-electron chi connectivity index (χ4n) is 2.84. The molecule has 1 fully saturated rings. The molecule has 0 radical (unpaired) electrons. The first-order chi connectivity index (χ1) is 11.3. The molecule has 0 spiro atoms. The van der Waals surface area contributed by atoms with Gasteiger partial charge in [0.2, 0.25) is 0 Å². The molecular formula is C16H31IN6O. The Bertz CT molecular complexity index is 473. The zero-order valence-corrected chi connectivity index (χ0v) is 17.2. The predicted molar refractivity (Wildman–Crippen MR) is 107 cm³/mol. The highest BCUT2D eigenvalue weighted by molar-refractivity contribution is 14.0. The van der Waals surface area contributed by atoms with Crippen molar-refractivity contribution in [2.24, 2.45) is 4.99 Å². The zero-order valence-electron chi connectivity index (χ0n) is 14.8. The van der Waals surface area contributed by atoms with E-state index >= 15 is 0 Å². The van der Waals surface area contributed by atoms with Crippen LogP contribution in [0.2, 0.25) is 0 Å². The molecule has 0 saturated heterocycles. The van der Waals surface area contributed by atoms with Crippen LogP contribution in [-0.2, 0) is 17.7 Å². The second-order valence-electron chi connectivity index (χ2n) is 5.85. The minimum absolute atomic E-state index is 0. The van der Waals surface area contributed by atoms with Crippen LogP contribution in [0, 0.1) is 0 Å². The minimum Gasteiger partial charge on any atom is -0.378 e. The molecule has 1 saturated carbocycles. The van der Waals surface area contributed by atoms with Gasteiger partial charge in [-0.3, -0.25) is 4.99 Å². The van der Waals surface area contributed by atoms with Gasteiger partial charge < -0.3 is 19.9 Å². The van der Waals surface area contributed by atoms with Gasteiger partial charge in [0, 0.05) is 39.7 Å². The average molecular weight is 450 g/mol. The fraction of sp³-hybridized carbons (Fsp3) is 0.812. The maximum absolute atomic E-state index is 5.86. The van der Waals surface area contributed by atoms with E-state index in [9.17, 15) is 0 Å². The van der Waals surface area contributed by atoms with Crippen molar-refractivity contribution in [3.63, 3.8) is 0 Å². The Morgan fingerprint density at radius 1 is 1.33 bits per heavy atom. The van der Waals surface area contributed by atoms with Crippen molar-refractivity contribution >= 4 is 29.9 Å². The van der Waals surface area contributed by atoms with E-state index in [-0.39, 0.29) is 24.0 Å². The van der Waals surface area contributed by atoms with Crippen molar-refractivity contribution < 1.29 is 4.74 Å². The number of ether oxygens (including phenoxy) is 1. The smallest absolute Gasteiger partial charge is 0.191 e. The van der Waals surface area contributed by atoms with Crippen LogP contribution in [-0.4, -0.2) is 53.6 Å². The first-order valence-electron chi connectivity index (χ1n) is 8.76. The summed E-state index contributed by atoms with van der Waals surface area (Å²) in [5, 5.41) is 14.7. The highest BCUT2D eigenvalue weighted by atomic mass is 127. The van der Waals surface area contributed by atoms with E-state index < -0.39 is 0 Å². The Morgan fingerprint density at radius 3 is 2.79 bits per heavy atom. The lowest BCUT2D eigenvalue weighted by Gasteiger charge is -2.14. The van der Waals surface area contributed by atoms with Gasteiger partial charge in [0.15, 0.2) is 5.96 Å². The van der Waals surface area contributed by atoms with Gasteiger partial charge in [-0.2, -0.15) is 0 Å². The first-order valence-corrected chi connectivity index (χ1v) is 8.76. The molecule has 0 bridgehead atoms. The molecule has 0 aliphatic heterocycles. The molecule has 7 nitrogen and oxygen atoms in total. The molecule has 0 atom stereocenters. The first kappa shape index (κ1) is 21.1. The van der Waals surface area contributed by atoms with Crippen molar-refractivity contribution in [1.29, 1.82) is 0 Å². The third-order valence-corrected chi connectivity index (χ3v) is 4.15. The molecule has 24 heavy (non-hydrogen) atoms. The molecule has 1 aliphatic rings. The Kier molecular flexibility index (Phi) is 11.0. The molecule has 0 aromatic carbocycles. The monoisotopic (exact) mass is 450 g/mol. The van der Waals surface area contributed by atoms with Crippen LogP contribution in [0.3, 0.4) is 0 Å². The van der Waals surface area contributed by atoms with Crippen LogP contribution in [0.4, 0.5) is 0 Å². The molecular weight excluding hydrogens is 419 g/mol. The lowest BCUT2D eigenvalue weighted by molar-refractivity contribution is 0.0574. The van der Waals surface area contributed by atoms with Crippen LogP contribution in [0.15, 0.2) is 11.3 Å². The summed E-state index contributed by atoms with van der Waals surface area (Å²) < 4.78 is 7.92. The Balaban J connectivity index is 0.00000288. The van der Waals surface area contributed by atoms with Crippen molar-refractivity contribution in [3.8, 4) is 0 Å². The maximum Gasteiger partial charge on any atom is 0.191 e. The second-order valence-corrected chi connectivity index (χ2v) is 5.85. The number of aryl methyl sites for hydroxylation is 1. The van der Waals surface area contributed by atoms with Gasteiger partial charge >= 0.3 is 0 Å². The number of guanidine groups is 1. The lowest BCUT2D eigenvalue weighted by atomic mass is 10.3. The Morgan fingerprint density at radius 2 is 2.08 bits per heavy atom. The molecule has 2 rings (SSSR count). The summed E-state index contributed by atoms with van der Waals surface area (Å²) >= 11 is 0. The summed E-state index contributed by atoms with van der Waals surface area (Å²) in [6, 6.07) is 0. The average Bonchev–Trinajstić information content (AvgIpc) is 3.24. The number of aliphatic imine (C=N–C) groups is 1. The highest BCUT2D eigenvalue weighted by Gasteiger charge is 2.14. The SMILES string of the molecule is CCc1nncn1CCNC(=NC)NCCCOC1CCCC1.I. The van der Waals surface area contributed by atoms with E-state index in [2.05, 4.69) is 37.3 Å². The van der Waals surface area contributed by atoms with Gasteiger partial charge in [-0.15, -0.1) is 34.2 Å². The van der Waals surface area contributed by atoms with Crippen LogP contribution in [0.1, 0.15) is 44.9 Å². The lowest BCUT2D eigenvalue weighted by Crippen LogP contribution is -2.39. The molecule has 1 aliphatic carbocycles. The quantitative estimate of drug-likeness (QED) is 0.261. The third-order valence-electron chi connectivity index (χ3n) is 4.15. The van der Waals surface area contributed by atoms with E-state index in [1.165, 1.54) is 25.7 Å². The molecule has 1 aromatic heterocycles. The second kappa shape index (κ2) is 12.5. The number of nitrogens with one attached hydrogen (secondary N) is 2. The molecule has 8 heteroatoms. The summed E-state index contributed by atoms with van der Waals surface area (Å²) in [6.45, 7) is 5.42. The highest BCUT2D eigenvalue weighted by Crippen LogP contribution is 2.20. The topological polar surface area (TPSA) is 76.4 Å². The number of rotatable bonds is 9. The number of hydrogen-bond donors (Lipinski definition) is 2. The van der Waals surface area contributed by atoms with E-state index in [1.807, 2.05) is 0 Å². The van der Waals surface area contributed by atoms with Gasteiger partial charge in [0.25, 0.3) is 0 Å². The van der Waals surface area contributed by atoms with E-state index in [4.69, 9.17) is 4.74 Å². The number of halogens is 1. The number of nitrogens with zero attached hydrogens (tertiary/aromatic N) is 4. The molecule has 138 valence electrons. The van der Waals surface area contributed by atoms with Crippen molar-refractivity contribution in [2.45, 2.75) is 58.1 Å². The van der Waals surface area contributed by atoms with E-state index in [0.29, 0.717) is 6.10 Å². The van der Waals surface area contributed by atoms with E-state index in [0.717, 1.165) is 50.9 Å². The Hall–Kier alpha value is -0.900. The van der Waals surface area contributed by atoms with Crippen molar-refractivity contribution in [1.82, 2.24) is 25.4 Å². The van der Waals surface area contributed by atoms with Crippen LogP contribution < -0.4 is 10.6 Å². The van der Waals surface area contributed by atoms with Crippen LogP contribution >= 0.6 is 24.0 Å².